The molecule has 0 amide bonds. The molecule has 0 aromatic heterocycles. The van der Waals surface area contributed by atoms with Gasteiger partial charge >= 0.3 is 11.5 Å². The summed E-state index contributed by atoms with van der Waals surface area (Å²) in [4.78, 5) is 0.279. The maximum Gasteiger partial charge on any atom is 0.353 e. The third-order valence-corrected chi connectivity index (χ3v) is 2.80. The summed E-state index contributed by atoms with van der Waals surface area (Å²) in [6.07, 6.45) is 0. The molecule has 0 spiro atoms. The first-order valence-electron chi connectivity index (χ1n) is 3.15. The molecule has 0 saturated heterocycles. The van der Waals surface area contributed by atoms with E-state index in [1.807, 2.05) is 0 Å². The van der Waals surface area contributed by atoms with E-state index in [0.29, 0.717) is 0 Å². The Morgan fingerprint density at radius 3 is 2.38 bits per heavy atom. The number of hydrogen-bond donors (Lipinski definition) is 4. The number of hydrogen-bond acceptors (Lipinski definition) is 4. The van der Waals surface area contributed by atoms with Crippen LogP contribution in [0, 0.1) is 0 Å². The van der Waals surface area contributed by atoms with Gasteiger partial charge in [0.05, 0.1) is 10.6 Å². The Morgan fingerprint density at radius 1 is 1.38 bits per heavy atom. The standard InChI is InChI=1S/C6H7NO4S2/c7-5-3-4(12(8)9)1-2-6(5)13(10)11/h1-3,10-11H,7H2/p+1. The van der Waals surface area contributed by atoms with Gasteiger partial charge in [0.15, 0.2) is 11.1 Å². The van der Waals surface area contributed by atoms with Gasteiger partial charge in [-0.3, -0.25) is 0 Å². The van der Waals surface area contributed by atoms with E-state index in [2.05, 4.69) is 0 Å². The first-order valence-corrected chi connectivity index (χ1v) is 5.39. The number of nitrogens with two attached hydrogens (primary N) is 1. The highest BCUT2D eigenvalue weighted by Crippen LogP contribution is 2.20. The third kappa shape index (κ3) is 2.42. The Bertz CT molecular complexity index is 341. The van der Waals surface area contributed by atoms with Crippen LogP contribution in [-0.2, 0) is 22.5 Å². The summed E-state index contributed by atoms with van der Waals surface area (Å²) in [6, 6.07) is 3.86. The van der Waals surface area contributed by atoms with Crippen LogP contribution in [0.5, 0.6) is 0 Å². The Balaban J connectivity index is 3.13. The minimum Gasteiger partial charge on any atom is -0.394 e. The Kier molecular flexibility index (Phi) is 3.28. The molecule has 0 aliphatic rings. The summed E-state index contributed by atoms with van der Waals surface area (Å²) >= 11 is -4.02. The molecule has 0 aliphatic carbocycles. The molecule has 1 atom stereocenters. The van der Waals surface area contributed by atoms with Gasteiger partial charge in [-0.25, -0.2) is 4.21 Å². The van der Waals surface area contributed by atoms with Crippen molar-refractivity contribution >= 4 is 28.2 Å². The summed E-state index contributed by atoms with van der Waals surface area (Å²) < 4.78 is 36.8. The van der Waals surface area contributed by atoms with Gasteiger partial charge in [0.1, 0.15) is 0 Å². The zero-order chi connectivity index (χ0) is 10.0. The first-order chi connectivity index (χ1) is 6.02. The number of nitrogen functional groups attached to an aromatic ring is 1. The van der Waals surface area contributed by atoms with E-state index in [0.717, 1.165) is 0 Å². The third-order valence-electron chi connectivity index (χ3n) is 1.38. The Labute approximate surface area is 80.2 Å². The first kappa shape index (κ1) is 10.5. The molecule has 0 bridgehead atoms. The van der Waals surface area contributed by atoms with Crippen LogP contribution in [0.3, 0.4) is 0 Å². The molecule has 0 heterocycles. The second kappa shape index (κ2) is 4.07. The van der Waals surface area contributed by atoms with Crippen molar-refractivity contribution in [3.8, 4) is 0 Å². The Hall–Kier alpha value is -0.600. The van der Waals surface area contributed by atoms with Crippen LogP contribution in [0.25, 0.3) is 0 Å². The van der Waals surface area contributed by atoms with E-state index < -0.39 is 22.5 Å². The fraction of sp³-hybridized carbons (Fsp3) is 0. The van der Waals surface area contributed by atoms with Crippen molar-refractivity contribution in [1.29, 1.82) is 0 Å². The van der Waals surface area contributed by atoms with Crippen molar-refractivity contribution in [3.63, 3.8) is 0 Å². The minimum absolute atomic E-state index is 0.0910. The van der Waals surface area contributed by atoms with E-state index in [-0.39, 0.29) is 15.5 Å². The van der Waals surface area contributed by atoms with Crippen LogP contribution < -0.4 is 5.73 Å². The Morgan fingerprint density at radius 2 is 2.00 bits per heavy atom. The maximum atomic E-state index is 10.6. The second-order valence-electron chi connectivity index (χ2n) is 2.21. The van der Waals surface area contributed by atoms with Crippen LogP contribution in [0.2, 0.25) is 0 Å². The van der Waals surface area contributed by atoms with Crippen molar-refractivity contribution in [1.82, 2.24) is 0 Å². The maximum absolute atomic E-state index is 10.6. The van der Waals surface area contributed by atoms with E-state index in [1.165, 1.54) is 18.2 Å². The van der Waals surface area contributed by atoms with Gasteiger partial charge in [0.25, 0.3) is 4.90 Å². The smallest absolute Gasteiger partial charge is 0.353 e. The lowest BCUT2D eigenvalue weighted by Gasteiger charge is -1.98. The van der Waals surface area contributed by atoms with Gasteiger partial charge in [-0.05, 0) is 12.1 Å². The summed E-state index contributed by atoms with van der Waals surface area (Å²) in [7, 11) is 0. The molecule has 7 heteroatoms. The molecule has 0 fully saturated rings. The SMILES string of the molecule is Nc1cc(S(=O)O)ccc1[S+](O)O. The van der Waals surface area contributed by atoms with Gasteiger partial charge in [-0.15, -0.1) is 0 Å². The largest absolute Gasteiger partial charge is 0.394 e. The van der Waals surface area contributed by atoms with Gasteiger partial charge in [-0.1, -0.05) is 0 Å². The molecule has 5 nitrogen and oxygen atoms in total. The summed E-state index contributed by atoms with van der Waals surface area (Å²) in [5, 5.41) is 0. The average molecular weight is 222 g/mol. The molecular weight excluding hydrogens is 214 g/mol. The zero-order valence-electron chi connectivity index (χ0n) is 6.38. The summed E-state index contributed by atoms with van der Waals surface area (Å²) in [5.74, 6) is 0. The van der Waals surface area contributed by atoms with Gasteiger partial charge in [0, 0.05) is 6.07 Å². The van der Waals surface area contributed by atoms with Crippen molar-refractivity contribution in [3.05, 3.63) is 18.2 Å². The summed E-state index contributed by atoms with van der Waals surface area (Å²) in [5.41, 5.74) is 5.49. The number of rotatable bonds is 2. The molecule has 1 aromatic carbocycles. The van der Waals surface area contributed by atoms with Crippen LogP contribution in [0.4, 0.5) is 5.69 Å². The second-order valence-corrected chi connectivity index (χ2v) is 4.15. The molecule has 1 aromatic rings. The van der Waals surface area contributed by atoms with Crippen LogP contribution >= 0.6 is 0 Å². The predicted octanol–water partition coefficient (Wildman–Crippen LogP) is 0.773. The van der Waals surface area contributed by atoms with E-state index in [1.54, 1.807) is 0 Å². The van der Waals surface area contributed by atoms with Gasteiger partial charge in [0.2, 0.25) is 0 Å². The van der Waals surface area contributed by atoms with Crippen molar-refractivity contribution in [2.24, 2.45) is 0 Å². The summed E-state index contributed by atoms with van der Waals surface area (Å²) in [6.45, 7) is 0. The van der Waals surface area contributed by atoms with Crippen molar-refractivity contribution in [2.75, 3.05) is 5.73 Å². The number of benzene rings is 1. The fourth-order valence-electron chi connectivity index (χ4n) is 0.801. The fourth-order valence-corrected chi connectivity index (χ4v) is 1.67. The highest BCUT2D eigenvalue weighted by Gasteiger charge is 2.21. The molecule has 0 saturated carbocycles. The molecule has 72 valence electrons. The molecule has 0 aliphatic heterocycles. The lowest BCUT2D eigenvalue weighted by atomic mass is 10.3. The van der Waals surface area contributed by atoms with E-state index >= 15 is 0 Å². The molecule has 1 unspecified atom stereocenters. The van der Waals surface area contributed by atoms with Crippen molar-refractivity contribution in [2.45, 2.75) is 9.79 Å². The van der Waals surface area contributed by atoms with E-state index in [4.69, 9.17) is 19.4 Å². The zero-order valence-corrected chi connectivity index (χ0v) is 8.01. The monoisotopic (exact) mass is 222 g/mol. The average Bonchev–Trinajstić information content (AvgIpc) is 2.03. The predicted molar refractivity (Wildman–Crippen MR) is 50.8 cm³/mol. The molecule has 0 radical (unpaired) electrons. The van der Waals surface area contributed by atoms with Gasteiger partial charge < -0.3 is 10.3 Å². The quantitative estimate of drug-likeness (QED) is 0.336. The lowest BCUT2D eigenvalue weighted by molar-refractivity contribution is 0.505. The molecule has 5 N–H and O–H groups in total. The lowest BCUT2D eigenvalue weighted by Crippen LogP contribution is -2.03. The molecular formula is C6H8NO4S2+. The normalized spacial score (nSPS) is 13.2. The van der Waals surface area contributed by atoms with E-state index in [9.17, 15) is 4.21 Å². The van der Waals surface area contributed by atoms with Crippen molar-refractivity contribution < 1.29 is 17.9 Å². The number of anilines is 1. The molecule has 13 heavy (non-hydrogen) atoms. The van der Waals surface area contributed by atoms with Crippen LogP contribution in [-0.4, -0.2) is 17.9 Å². The van der Waals surface area contributed by atoms with Crippen LogP contribution in [0.15, 0.2) is 28.0 Å². The minimum atomic E-state index is -2.10. The highest BCUT2D eigenvalue weighted by atomic mass is 32.2. The van der Waals surface area contributed by atoms with Gasteiger partial charge in [-0.2, -0.15) is 9.11 Å². The topological polar surface area (TPSA) is 104 Å². The molecule has 1 rings (SSSR count). The highest BCUT2D eigenvalue weighted by molar-refractivity contribution is 7.86. The van der Waals surface area contributed by atoms with Crippen LogP contribution in [0.1, 0.15) is 0 Å².